The van der Waals surface area contributed by atoms with Crippen molar-refractivity contribution in [2.24, 2.45) is 11.8 Å². The fraction of sp³-hybridized carbons (Fsp3) is 0.538. The van der Waals surface area contributed by atoms with Crippen LogP contribution < -0.4 is 10.6 Å². The number of nitrogens with zero attached hydrogens (tertiary/aromatic N) is 6. The van der Waals surface area contributed by atoms with Gasteiger partial charge < -0.3 is 10.6 Å². The molecule has 0 spiro atoms. The number of amides is 2. The lowest BCUT2D eigenvalue weighted by atomic mass is 9.86. The molecule has 0 saturated carbocycles. The number of aryl methyl sites for hydroxylation is 1. The number of imidazole rings is 1. The van der Waals surface area contributed by atoms with Gasteiger partial charge in [0.25, 0.3) is 17.6 Å². The van der Waals surface area contributed by atoms with Gasteiger partial charge in [-0.2, -0.15) is 23.4 Å². The van der Waals surface area contributed by atoms with E-state index >= 15 is 0 Å². The van der Waals surface area contributed by atoms with E-state index in [0.717, 1.165) is 0 Å². The molecule has 1 fully saturated rings. The summed E-state index contributed by atoms with van der Waals surface area (Å²) in [7, 11) is 0. The van der Waals surface area contributed by atoms with Crippen LogP contribution in [0.1, 0.15) is 66.2 Å². The van der Waals surface area contributed by atoms with Crippen molar-refractivity contribution in [2.75, 3.05) is 6.54 Å². The van der Waals surface area contributed by atoms with Gasteiger partial charge in [0.1, 0.15) is 5.69 Å². The Morgan fingerprint density at radius 2 is 2.07 bits per heavy atom. The van der Waals surface area contributed by atoms with E-state index in [1.54, 1.807) is 0 Å². The van der Waals surface area contributed by atoms with Crippen molar-refractivity contribution < 1.29 is 31.5 Å². The van der Waals surface area contributed by atoms with Gasteiger partial charge in [0.2, 0.25) is 5.91 Å². The second-order valence-corrected chi connectivity index (χ2v) is 10.7. The summed E-state index contributed by atoms with van der Waals surface area (Å²) < 4.78 is 70.7. The van der Waals surface area contributed by atoms with Crippen molar-refractivity contribution in [1.82, 2.24) is 40.0 Å². The molecule has 0 radical (unpaired) electrons. The van der Waals surface area contributed by atoms with Gasteiger partial charge in [0.05, 0.1) is 41.1 Å². The monoisotopic (exact) mass is 614 g/mol. The van der Waals surface area contributed by atoms with E-state index in [9.17, 15) is 31.5 Å². The smallest absolute Gasteiger partial charge is 0.355 e. The number of carbonyl (C=O) groups excluding carboxylic acids is 2. The minimum absolute atomic E-state index is 0.00899. The van der Waals surface area contributed by atoms with Gasteiger partial charge in [-0.15, -0.1) is 11.6 Å². The van der Waals surface area contributed by atoms with Crippen LogP contribution in [0.3, 0.4) is 0 Å². The number of rotatable bonds is 8. The summed E-state index contributed by atoms with van der Waals surface area (Å²) in [4.78, 5) is 34.5. The lowest BCUT2D eigenvalue weighted by Gasteiger charge is -2.30. The van der Waals surface area contributed by atoms with Gasteiger partial charge in [0.15, 0.2) is 0 Å². The number of nitrogens with one attached hydrogen (secondary N) is 2. The van der Waals surface area contributed by atoms with Gasteiger partial charge >= 0.3 is 6.18 Å². The zero-order chi connectivity index (χ0) is 30.2. The van der Waals surface area contributed by atoms with Gasteiger partial charge in [-0.1, -0.05) is 6.08 Å². The van der Waals surface area contributed by atoms with Crippen molar-refractivity contribution >= 4 is 29.2 Å². The standard InChI is InChI=1S/C26H28ClF5N8O2/c1-2-39-20(5-8-34-39)23(42)37-21(14-3-6-25(28,29)7-4-14)19-13-40-24(36-19)35-18(11-27)17(38-40)10-15-9-16(26(30,31)32)12-33-22(15)41/h3,5,8,13,15-16,21H,2,4,6-7,9-12H2,1H3,(H,33,41)(H,37,42)/t15-,16-,21+/m1/s1. The lowest BCUT2D eigenvalue weighted by molar-refractivity contribution is -0.183. The first-order valence-electron chi connectivity index (χ1n) is 13.4. The Labute approximate surface area is 241 Å². The summed E-state index contributed by atoms with van der Waals surface area (Å²) in [6.45, 7) is 1.77. The zero-order valence-electron chi connectivity index (χ0n) is 22.5. The molecule has 2 N–H and O–H groups in total. The SMILES string of the molecule is CCn1nccc1C(=O)N[C@@H](C1=CCC(F)(F)CC1)c1cn2nc(C[C@H]3C[C@@H](C(F)(F)F)CNC3=O)c(CCl)nc2n1. The predicted octanol–water partition coefficient (Wildman–Crippen LogP) is 4.15. The van der Waals surface area contributed by atoms with Crippen LogP contribution in [0.25, 0.3) is 5.78 Å². The number of hydrogen-bond acceptors (Lipinski definition) is 6. The van der Waals surface area contributed by atoms with Crippen LogP contribution in [0.2, 0.25) is 0 Å². The third kappa shape index (κ3) is 6.25. The van der Waals surface area contributed by atoms with Crippen molar-refractivity contribution in [3.8, 4) is 0 Å². The molecule has 5 rings (SSSR count). The van der Waals surface area contributed by atoms with E-state index in [-0.39, 0.29) is 47.3 Å². The third-order valence-electron chi connectivity index (χ3n) is 7.61. The molecule has 10 nitrogen and oxygen atoms in total. The summed E-state index contributed by atoms with van der Waals surface area (Å²) in [6.07, 6.45) is -1.52. The molecule has 0 unspecified atom stereocenters. The van der Waals surface area contributed by atoms with E-state index in [0.29, 0.717) is 12.1 Å². The first-order chi connectivity index (χ1) is 19.9. The van der Waals surface area contributed by atoms with E-state index in [1.165, 1.54) is 33.7 Å². The molecule has 3 atom stereocenters. The van der Waals surface area contributed by atoms with Gasteiger partial charge in [-0.25, -0.2) is 23.3 Å². The first-order valence-corrected chi connectivity index (χ1v) is 14.0. The number of allylic oxidation sites excluding steroid dienone is 1. The van der Waals surface area contributed by atoms with E-state index in [1.807, 2.05) is 6.92 Å². The Bertz CT molecular complexity index is 1520. The number of piperidine rings is 1. The second-order valence-electron chi connectivity index (χ2n) is 10.4. The number of carbonyl (C=O) groups is 2. The highest BCUT2D eigenvalue weighted by atomic mass is 35.5. The zero-order valence-corrected chi connectivity index (χ0v) is 23.2. The Morgan fingerprint density at radius 1 is 1.29 bits per heavy atom. The number of alkyl halides is 6. The Balaban J connectivity index is 1.47. The first kappa shape index (κ1) is 29.9. The maximum atomic E-state index is 13.9. The van der Waals surface area contributed by atoms with Crippen LogP contribution in [0, 0.1) is 11.8 Å². The second kappa shape index (κ2) is 11.6. The molecular weight excluding hydrogens is 587 g/mol. The molecule has 4 heterocycles. The van der Waals surface area contributed by atoms with Gasteiger partial charge in [-0.05, 0) is 31.4 Å². The predicted molar refractivity (Wildman–Crippen MR) is 140 cm³/mol. The van der Waals surface area contributed by atoms with Crippen LogP contribution in [-0.2, 0) is 23.6 Å². The highest BCUT2D eigenvalue weighted by Gasteiger charge is 2.45. The fourth-order valence-corrected chi connectivity index (χ4v) is 5.49. The average Bonchev–Trinajstić information content (AvgIpc) is 3.58. The largest absolute Gasteiger partial charge is 0.393 e. The topological polar surface area (TPSA) is 119 Å². The maximum Gasteiger partial charge on any atom is 0.393 e. The molecule has 0 bridgehead atoms. The van der Waals surface area contributed by atoms with E-state index in [4.69, 9.17) is 11.6 Å². The van der Waals surface area contributed by atoms with Crippen molar-refractivity contribution in [1.29, 1.82) is 0 Å². The van der Waals surface area contributed by atoms with Crippen LogP contribution in [0.15, 0.2) is 30.1 Å². The normalized spacial score (nSPS) is 21.6. The molecule has 0 aromatic carbocycles. The highest BCUT2D eigenvalue weighted by molar-refractivity contribution is 6.17. The van der Waals surface area contributed by atoms with Gasteiger partial charge in [-0.3, -0.25) is 14.3 Å². The molecule has 2 amide bonds. The minimum atomic E-state index is -4.46. The minimum Gasteiger partial charge on any atom is -0.355 e. The highest BCUT2D eigenvalue weighted by Crippen LogP contribution is 2.38. The number of fused-ring (bicyclic) bond motifs is 1. The number of hydrogen-bond donors (Lipinski definition) is 2. The summed E-state index contributed by atoms with van der Waals surface area (Å²) in [5.41, 5.74) is 1.56. The average molecular weight is 615 g/mol. The van der Waals surface area contributed by atoms with Gasteiger partial charge in [0, 0.05) is 44.5 Å². The van der Waals surface area contributed by atoms with E-state index < -0.39 is 67.6 Å². The molecule has 42 heavy (non-hydrogen) atoms. The Morgan fingerprint density at radius 3 is 2.74 bits per heavy atom. The van der Waals surface area contributed by atoms with Crippen LogP contribution >= 0.6 is 11.6 Å². The van der Waals surface area contributed by atoms with Crippen molar-refractivity contribution in [3.05, 3.63) is 52.9 Å². The number of aromatic nitrogens is 6. The molecule has 226 valence electrons. The molecule has 16 heteroatoms. The molecule has 1 aliphatic carbocycles. The quantitative estimate of drug-likeness (QED) is 0.224. The van der Waals surface area contributed by atoms with Crippen molar-refractivity contribution in [3.63, 3.8) is 0 Å². The molecule has 1 saturated heterocycles. The lowest BCUT2D eigenvalue weighted by Crippen LogP contribution is -2.47. The Hall–Kier alpha value is -3.62. The molecule has 3 aromatic heterocycles. The number of halogens is 6. The van der Waals surface area contributed by atoms with Crippen LogP contribution in [0.5, 0.6) is 0 Å². The Kier molecular flexibility index (Phi) is 8.23. The molecule has 1 aliphatic heterocycles. The fourth-order valence-electron chi connectivity index (χ4n) is 5.28. The summed E-state index contributed by atoms with van der Waals surface area (Å²) in [5.74, 6) is -6.58. The van der Waals surface area contributed by atoms with E-state index in [2.05, 4.69) is 30.8 Å². The summed E-state index contributed by atoms with van der Waals surface area (Å²) in [6, 6.07) is 0.646. The molecule has 2 aliphatic rings. The maximum absolute atomic E-state index is 13.9. The summed E-state index contributed by atoms with van der Waals surface area (Å²) >= 11 is 6.09. The third-order valence-corrected chi connectivity index (χ3v) is 7.86. The van der Waals surface area contributed by atoms with Crippen molar-refractivity contribution in [2.45, 2.75) is 69.6 Å². The molecule has 3 aromatic rings. The van der Waals surface area contributed by atoms with Crippen LogP contribution in [-0.4, -0.2) is 59.8 Å². The molecular formula is C26H28ClF5N8O2. The van der Waals surface area contributed by atoms with Crippen LogP contribution in [0.4, 0.5) is 22.0 Å². The summed E-state index contributed by atoms with van der Waals surface area (Å²) in [5, 5.41) is 13.8.